The standard InChI is InChI=1S/C15H14N2O2/c1-9(18)15-6-4-12(19-15)7-11-3-5-13-14(8-11)17-10(2)16-13/h3-6,8H,7H2,1-2H3,(H,16,17). The van der Waals surface area contributed by atoms with Crippen molar-refractivity contribution in [2.24, 2.45) is 0 Å². The third-order valence-electron chi connectivity index (χ3n) is 3.05. The Labute approximate surface area is 110 Å². The topological polar surface area (TPSA) is 58.9 Å². The molecule has 0 aliphatic carbocycles. The predicted molar refractivity (Wildman–Crippen MR) is 72.3 cm³/mol. The lowest BCUT2D eigenvalue weighted by Crippen LogP contribution is -1.88. The number of nitrogens with zero attached hydrogens (tertiary/aromatic N) is 1. The van der Waals surface area contributed by atoms with E-state index in [2.05, 4.69) is 16.0 Å². The van der Waals surface area contributed by atoms with Crippen molar-refractivity contribution in [3.05, 3.63) is 53.2 Å². The molecule has 0 radical (unpaired) electrons. The molecule has 3 rings (SSSR count). The number of carbonyl (C=O) groups excluding carboxylic acids is 1. The average molecular weight is 254 g/mol. The van der Waals surface area contributed by atoms with Gasteiger partial charge in [0.2, 0.25) is 0 Å². The summed E-state index contributed by atoms with van der Waals surface area (Å²) >= 11 is 0. The predicted octanol–water partition coefficient (Wildman–Crippen LogP) is 3.26. The van der Waals surface area contributed by atoms with E-state index in [-0.39, 0.29) is 5.78 Å². The van der Waals surface area contributed by atoms with Crippen LogP contribution < -0.4 is 0 Å². The van der Waals surface area contributed by atoms with Gasteiger partial charge in [0.25, 0.3) is 0 Å². The summed E-state index contributed by atoms with van der Waals surface area (Å²) in [4.78, 5) is 18.8. The lowest BCUT2D eigenvalue weighted by Gasteiger charge is -1.98. The highest BCUT2D eigenvalue weighted by molar-refractivity contribution is 5.91. The van der Waals surface area contributed by atoms with Crippen LogP contribution in [0.5, 0.6) is 0 Å². The minimum atomic E-state index is -0.0501. The second kappa shape index (κ2) is 4.39. The van der Waals surface area contributed by atoms with E-state index in [4.69, 9.17) is 4.42 Å². The Bertz CT molecular complexity index is 752. The molecule has 4 heteroatoms. The molecule has 19 heavy (non-hydrogen) atoms. The number of hydrogen-bond donors (Lipinski definition) is 1. The van der Waals surface area contributed by atoms with Gasteiger partial charge in [-0.15, -0.1) is 0 Å². The molecular weight excluding hydrogens is 240 g/mol. The first kappa shape index (κ1) is 11.7. The van der Waals surface area contributed by atoms with E-state index in [9.17, 15) is 4.79 Å². The van der Waals surface area contributed by atoms with Gasteiger partial charge in [-0.3, -0.25) is 4.79 Å². The number of H-pyrrole nitrogens is 1. The normalized spacial score (nSPS) is 11.1. The van der Waals surface area contributed by atoms with Crippen molar-refractivity contribution in [3.8, 4) is 0 Å². The van der Waals surface area contributed by atoms with Crippen molar-refractivity contribution in [2.75, 3.05) is 0 Å². The molecule has 2 aromatic heterocycles. The zero-order valence-corrected chi connectivity index (χ0v) is 10.9. The molecule has 0 amide bonds. The van der Waals surface area contributed by atoms with Crippen LogP contribution in [-0.4, -0.2) is 15.8 Å². The molecule has 2 heterocycles. The first-order chi connectivity index (χ1) is 9.11. The Morgan fingerprint density at radius 1 is 1.32 bits per heavy atom. The summed E-state index contributed by atoms with van der Waals surface area (Å²) in [5.74, 6) is 2.06. The second-order valence-corrected chi connectivity index (χ2v) is 4.67. The van der Waals surface area contributed by atoms with Gasteiger partial charge in [-0.1, -0.05) is 6.07 Å². The van der Waals surface area contributed by atoms with Gasteiger partial charge in [-0.2, -0.15) is 0 Å². The Morgan fingerprint density at radius 3 is 2.89 bits per heavy atom. The van der Waals surface area contributed by atoms with E-state index in [0.29, 0.717) is 12.2 Å². The highest BCUT2D eigenvalue weighted by Gasteiger charge is 2.08. The highest BCUT2D eigenvalue weighted by atomic mass is 16.3. The first-order valence-corrected chi connectivity index (χ1v) is 6.17. The number of aryl methyl sites for hydroxylation is 1. The van der Waals surface area contributed by atoms with Crippen LogP contribution in [0.2, 0.25) is 0 Å². The van der Waals surface area contributed by atoms with Gasteiger partial charge in [-0.25, -0.2) is 4.98 Å². The summed E-state index contributed by atoms with van der Waals surface area (Å²) in [6, 6.07) is 9.64. The van der Waals surface area contributed by atoms with Gasteiger partial charge in [0.15, 0.2) is 11.5 Å². The van der Waals surface area contributed by atoms with E-state index in [1.807, 2.05) is 25.1 Å². The zero-order valence-electron chi connectivity index (χ0n) is 10.9. The van der Waals surface area contributed by atoms with Gasteiger partial charge < -0.3 is 9.40 Å². The molecule has 0 saturated heterocycles. The summed E-state index contributed by atoms with van der Waals surface area (Å²) in [6.07, 6.45) is 0.668. The lowest BCUT2D eigenvalue weighted by atomic mass is 10.1. The van der Waals surface area contributed by atoms with Gasteiger partial charge in [0.05, 0.1) is 11.0 Å². The molecule has 0 aliphatic rings. The van der Waals surface area contributed by atoms with Crippen molar-refractivity contribution in [1.82, 2.24) is 9.97 Å². The third kappa shape index (κ3) is 2.29. The van der Waals surface area contributed by atoms with E-state index in [1.165, 1.54) is 6.92 Å². The molecule has 1 aromatic carbocycles. The van der Waals surface area contributed by atoms with Crippen LogP contribution in [-0.2, 0) is 6.42 Å². The fourth-order valence-corrected chi connectivity index (χ4v) is 2.16. The van der Waals surface area contributed by atoms with Gasteiger partial charge in [-0.05, 0) is 36.8 Å². The Kier molecular flexibility index (Phi) is 2.71. The number of carbonyl (C=O) groups is 1. The van der Waals surface area contributed by atoms with Crippen LogP contribution in [0.1, 0.15) is 34.6 Å². The van der Waals surface area contributed by atoms with Crippen LogP contribution in [0.25, 0.3) is 11.0 Å². The maximum Gasteiger partial charge on any atom is 0.194 e. The SMILES string of the molecule is CC(=O)c1ccc(Cc2ccc3nc(C)[nH]c3c2)o1. The van der Waals surface area contributed by atoms with E-state index < -0.39 is 0 Å². The second-order valence-electron chi connectivity index (χ2n) is 4.67. The molecule has 4 nitrogen and oxygen atoms in total. The molecular formula is C15H14N2O2. The molecule has 1 N–H and O–H groups in total. The van der Waals surface area contributed by atoms with Crippen LogP contribution >= 0.6 is 0 Å². The largest absolute Gasteiger partial charge is 0.458 e. The first-order valence-electron chi connectivity index (χ1n) is 6.17. The number of imidazole rings is 1. The fourth-order valence-electron chi connectivity index (χ4n) is 2.16. The average Bonchev–Trinajstić information content (AvgIpc) is 2.94. The van der Waals surface area contributed by atoms with Crippen LogP contribution in [0.15, 0.2) is 34.7 Å². The summed E-state index contributed by atoms with van der Waals surface area (Å²) in [5, 5.41) is 0. The van der Waals surface area contributed by atoms with E-state index >= 15 is 0 Å². The third-order valence-corrected chi connectivity index (χ3v) is 3.05. The van der Waals surface area contributed by atoms with E-state index in [0.717, 1.165) is 28.2 Å². The molecule has 0 spiro atoms. The number of Topliss-reactive ketones (excluding diaryl/α,β-unsaturated/α-hetero) is 1. The lowest BCUT2D eigenvalue weighted by molar-refractivity contribution is 0.0985. The molecule has 3 aromatic rings. The van der Waals surface area contributed by atoms with Crippen molar-refractivity contribution in [2.45, 2.75) is 20.3 Å². The van der Waals surface area contributed by atoms with Crippen LogP contribution in [0.3, 0.4) is 0 Å². The summed E-state index contributed by atoms with van der Waals surface area (Å²) in [5.41, 5.74) is 3.11. The van der Waals surface area contributed by atoms with Crippen molar-refractivity contribution < 1.29 is 9.21 Å². The minimum Gasteiger partial charge on any atom is -0.458 e. The molecule has 0 fully saturated rings. The Balaban J connectivity index is 1.89. The number of hydrogen-bond acceptors (Lipinski definition) is 3. The van der Waals surface area contributed by atoms with E-state index in [1.54, 1.807) is 6.07 Å². The molecule has 0 aliphatic heterocycles. The smallest absolute Gasteiger partial charge is 0.194 e. The number of nitrogens with one attached hydrogen (secondary N) is 1. The molecule has 0 saturated carbocycles. The van der Waals surface area contributed by atoms with Gasteiger partial charge in [0.1, 0.15) is 11.6 Å². The number of fused-ring (bicyclic) bond motifs is 1. The summed E-state index contributed by atoms with van der Waals surface area (Å²) < 4.78 is 5.49. The Morgan fingerprint density at radius 2 is 2.16 bits per heavy atom. The zero-order chi connectivity index (χ0) is 13.4. The minimum absolute atomic E-state index is 0.0501. The molecule has 0 unspecified atom stereocenters. The molecule has 0 bridgehead atoms. The van der Waals surface area contributed by atoms with Crippen molar-refractivity contribution in [1.29, 1.82) is 0 Å². The number of rotatable bonds is 3. The fraction of sp³-hybridized carbons (Fsp3) is 0.200. The number of furan rings is 1. The summed E-state index contributed by atoms with van der Waals surface area (Å²) in [7, 11) is 0. The van der Waals surface area contributed by atoms with Crippen molar-refractivity contribution in [3.63, 3.8) is 0 Å². The van der Waals surface area contributed by atoms with Crippen molar-refractivity contribution >= 4 is 16.8 Å². The van der Waals surface area contributed by atoms with Crippen LogP contribution in [0.4, 0.5) is 0 Å². The monoisotopic (exact) mass is 254 g/mol. The van der Waals surface area contributed by atoms with Gasteiger partial charge in [0, 0.05) is 13.3 Å². The number of benzene rings is 1. The Hall–Kier alpha value is -2.36. The maximum atomic E-state index is 11.2. The number of aromatic amines is 1. The number of ketones is 1. The summed E-state index contributed by atoms with van der Waals surface area (Å²) in [6.45, 7) is 3.44. The van der Waals surface area contributed by atoms with Crippen LogP contribution in [0, 0.1) is 6.92 Å². The molecule has 0 atom stereocenters. The van der Waals surface area contributed by atoms with Gasteiger partial charge >= 0.3 is 0 Å². The highest BCUT2D eigenvalue weighted by Crippen LogP contribution is 2.18. The number of aromatic nitrogens is 2. The molecule has 96 valence electrons. The quantitative estimate of drug-likeness (QED) is 0.730. The maximum absolute atomic E-state index is 11.2.